The van der Waals surface area contributed by atoms with E-state index < -0.39 is 5.54 Å². The highest BCUT2D eigenvalue weighted by Gasteiger charge is 2.45. The highest BCUT2D eigenvalue weighted by molar-refractivity contribution is 5.88. The molecule has 1 amide bonds. The first kappa shape index (κ1) is 16.5. The summed E-state index contributed by atoms with van der Waals surface area (Å²) >= 11 is 0. The Balaban J connectivity index is 1.58. The van der Waals surface area contributed by atoms with Gasteiger partial charge in [-0.05, 0) is 37.4 Å². The van der Waals surface area contributed by atoms with Gasteiger partial charge in [0.25, 0.3) is 0 Å². The molecule has 0 bridgehead atoms. The molecule has 0 saturated carbocycles. The number of nitrogens with zero attached hydrogens (tertiary/aromatic N) is 2. The third kappa shape index (κ3) is 3.26. The lowest BCUT2D eigenvalue weighted by Gasteiger charge is -2.34. The largest absolute Gasteiger partial charge is 0.490 e. The van der Waals surface area contributed by atoms with Crippen LogP contribution in [0, 0.1) is 0 Å². The van der Waals surface area contributed by atoms with Gasteiger partial charge in [-0.3, -0.25) is 14.7 Å². The zero-order chi connectivity index (χ0) is 17.0. The fraction of sp³-hybridized carbons (Fsp3) is 0.368. The molecule has 5 nitrogen and oxygen atoms in total. The molecule has 1 heterocycles. The summed E-state index contributed by atoms with van der Waals surface area (Å²) < 4.78 is 5.58. The summed E-state index contributed by atoms with van der Waals surface area (Å²) in [6, 6.07) is 12.0. The van der Waals surface area contributed by atoms with Crippen molar-refractivity contribution >= 4 is 5.91 Å². The number of amides is 1. The molecule has 0 atom stereocenters. The molecule has 0 saturated heterocycles. The van der Waals surface area contributed by atoms with Crippen LogP contribution in [-0.2, 0) is 17.6 Å². The molecular weight excluding hydrogens is 302 g/mol. The first-order chi connectivity index (χ1) is 11.6. The molecule has 0 fully saturated rings. The van der Waals surface area contributed by atoms with Gasteiger partial charge in [0.1, 0.15) is 17.9 Å². The van der Waals surface area contributed by atoms with Crippen LogP contribution >= 0.6 is 0 Å². The van der Waals surface area contributed by atoms with Gasteiger partial charge >= 0.3 is 0 Å². The van der Waals surface area contributed by atoms with Crippen LogP contribution in [0.4, 0.5) is 0 Å². The van der Waals surface area contributed by atoms with Crippen molar-refractivity contribution in [1.82, 2.24) is 15.2 Å². The van der Waals surface area contributed by atoms with Crippen molar-refractivity contribution in [3.8, 4) is 5.75 Å². The first-order valence-electron chi connectivity index (χ1n) is 8.17. The Kier molecular flexibility index (Phi) is 4.81. The van der Waals surface area contributed by atoms with E-state index in [0.717, 1.165) is 12.8 Å². The van der Waals surface area contributed by atoms with E-state index >= 15 is 0 Å². The molecule has 5 heteroatoms. The van der Waals surface area contributed by atoms with Gasteiger partial charge in [-0.1, -0.05) is 24.3 Å². The van der Waals surface area contributed by atoms with Crippen molar-refractivity contribution < 1.29 is 9.53 Å². The molecule has 3 rings (SSSR count). The second-order valence-corrected chi connectivity index (χ2v) is 6.34. The molecule has 2 aromatic rings. The van der Waals surface area contributed by atoms with Gasteiger partial charge < -0.3 is 10.1 Å². The monoisotopic (exact) mass is 325 g/mol. The lowest BCUT2D eigenvalue weighted by atomic mass is 9.93. The summed E-state index contributed by atoms with van der Waals surface area (Å²) in [6.45, 7) is 0.896. The predicted molar refractivity (Wildman–Crippen MR) is 93.0 cm³/mol. The number of carbonyl (C=O) groups excluding carboxylic acids is 1. The molecule has 0 aliphatic heterocycles. The quantitative estimate of drug-likeness (QED) is 0.821. The highest BCUT2D eigenvalue weighted by Crippen LogP contribution is 2.33. The van der Waals surface area contributed by atoms with Crippen molar-refractivity contribution in [2.45, 2.75) is 18.4 Å². The molecule has 0 radical (unpaired) electrons. The maximum absolute atomic E-state index is 12.9. The SMILES string of the molecule is CN(C)C1(C(=O)NCCOc2cccnc2)Cc2ccccc2C1. The Labute approximate surface area is 142 Å². The van der Waals surface area contributed by atoms with Gasteiger partial charge in [-0.2, -0.15) is 0 Å². The van der Waals surface area contributed by atoms with Gasteiger partial charge in [0.15, 0.2) is 0 Å². The number of hydrogen-bond acceptors (Lipinski definition) is 4. The zero-order valence-corrected chi connectivity index (χ0v) is 14.2. The Hall–Kier alpha value is -2.40. The fourth-order valence-electron chi connectivity index (χ4n) is 3.21. The summed E-state index contributed by atoms with van der Waals surface area (Å²) in [4.78, 5) is 18.9. The number of nitrogens with one attached hydrogen (secondary N) is 1. The molecule has 1 aliphatic rings. The minimum Gasteiger partial charge on any atom is -0.490 e. The highest BCUT2D eigenvalue weighted by atomic mass is 16.5. The first-order valence-corrected chi connectivity index (χ1v) is 8.17. The summed E-state index contributed by atoms with van der Waals surface area (Å²) in [5.74, 6) is 0.765. The number of carbonyl (C=O) groups is 1. The van der Waals surface area contributed by atoms with Crippen LogP contribution in [0.3, 0.4) is 0 Å². The van der Waals surface area contributed by atoms with Gasteiger partial charge in [0.2, 0.25) is 5.91 Å². The maximum Gasteiger partial charge on any atom is 0.241 e. The Morgan fingerprint density at radius 1 is 1.21 bits per heavy atom. The number of pyridine rings is 1. The number of hydrogen-bond donors (Lipinski definition) is 1. The van der Waals surface area contributed by atoms with Crippen LogP contribution in [0.1, 0.15) is 11.1 Å². The van der Waals surface area contributed by atoms with Crippen molar-refractivity contribution in [2.75, 3.05) is 27.2 Å². The average molecular weight is 325 g/mol. The number of aromatic nitrogens is 1. The fourth-order valence-corrected chi connectivity index (χ4v) is 3.21. The van der Waals surface area contributed by atoms with E-state index in [2.05, 4.69) is 22.4 Å². The van der Waals surface area contributed by atoms with Gasteiger partial charge in [0.05, 0.1) is 12.7 Å². The molecule has 24 heavy (non-hydrogen) atoms. The number of rotatable bonds is 6. The third-order valence-corrected chi connectivity index (χ3v) is 4.65. The maximum atomic E-state index is 12.9. The molecule has 126 valence electrons. The number of fused-ring (bicyclic) bond motifs is 1. The molecule has 1 N–H and O–H groups in total. The van der Waals surface area contributed by atoms with E-state index in [1.165, 1.54) is 11.1 Å². The van der Waals surface area contributed by atoms with Gasteiger partial charge in [-0.25, -0.2) is 0 Å². The van der Waals surface area contributed by atoms with E-state index in [0.29, 0.717) is 18.9 Å². The van der Waals surface area contributed by atoms with E-state index in [1.807, 2.05) is 43.3 Å². The minimum absolute atomic E-state index is 0.0542. The van der Waals surface area contributed by atoms with Crippen molar-refractivity contribution in [1.29, 1.82) is 0 Å². The van der Waals surface area contributed by atoms with Crippen LogP contribution in [0.25, 0.3) is 0 Å². The predicted octanol–water partition coefficient (Wildman–Crippen LogP) is 1.68. The summed E-state index contributed by atoms with van der Waals surface area (Å²) in [6.07, 6.45) is 4.85. The summed E-state index contributed by atoms with van der Waals surface area (Å²) in [7, 11) is 3.94. The van der Waals surface area contributed by atoms with E-state index in [1.54, 1.807) is 12.4 Å². The lowest BCUT2D eigenvalue weighted by molar-refractivity contribution is -0.131. The minimum atomic E-state index is -0.516. The van der Waals surface area contributed by atoms with Crippen LogP contribution in [0.15, 0.2) is 48.8 Å². The number of ether oxygens (including phenoxy) is 1. The normalized spacial score (nSPS) is 15.1. The van der Waals surface area contributed by atoms with Gasteiger partial charge in [0, 0.05) is 19.0 Å². The van der Waals surface area contributed by atoms with Crippen LogP contribution < -0.4 is 10.1 Å². The van der Waals surface area contributed by atoms with Crippen molar-refractivity contribution in [3.63, 3.8) is 0 Å². The average Bonchev–Trinajstić information content (AvgIpc) is 3.00. The topological polar surface area (TPSA) is 54.5 Å². The Morgan fingerprint density at radius 3 is 2.50 bits per heavy atom. The van der Waals surface area contributed by atoms with Crippen LogP contribution in [-0.4, -0.2) is 48.6 Å². The van der Waals surface area contributed by atoms with E-state index in [4.69, 9.17) is 4.74 Å². The molecule has 1 aliphatic carbocycles. The zero-order valence-electron chi connectivity index (χ0n) is 14.2. The lowest BCUT2D eigenvalue weighted by Crippen LogP contribution is -2.57. The molecule has 0 spiro atoms. The summed E-state index contributed by atoms with van der Waals surface area (Å²) in [5.41, 5.74) is 2.00. The smallest absolute Gasteiger partial charge is 0.241 e. The van der Waals surface area contributed by atoms with Crippen molar-refractivity contribution in [2.24, 2.45) is 0 Å². The van der Waals surface area contributed by atoms with E-state index in [9.17, 15) is 4.79 Å². The Morgan fingerprint density at radius 2 is 1.92 bits per heavy atom. The third-order valence-electron chi connectivity index (χ3n) is 4.65. The molecule has 1 aromatic heterocycles. The van der Waals surface area contributed by atoms with Crippen molar-refractivity contribution in [3.05, 3.63) is 59.9 Å². The molecule has 0 unspecified atom stereocenters. The van der Waals surface area contributed by atoms with E-state index in [-0.39, 0.29) is 5.91 Å². The van der Waals surface area contributed by atoms with Crippen LogP contribution in [0.5, 0.6) is 5.75 Å². The van der Waals surface area contributed by atoms with Gasteiger partial charge in [-0.15, -0.1) is 0 Å². The second-order valence-electron chi connectivity index (χ2n) is 6.34. The van der Waals surface area contributed by atoms with Crippen LogP contribution in [0.2, 0.25) is 0 Å². The second kappa shape index (κ2) is 7.01. The number of benzene rings is 1. The summed E-state index contributed by atoms with van der Waals surface area (Å²) in [5, 5.41) is 3.03. The number of likely N-dealkylation sites (N-methyl/N-ethyl adjacent to an activating group) is 1. The molecule has 1 aromatic carbocycles. The standard InChI is InChI=1S/C19H23N3O2/c1-22(2)19(12-15-6-3-4-7-16(15)13-19)18(23)21-10-11-24-17-8-5-9-20-14-17/h3-9,14H,10-13H2,1-2H3,(H,21,23). The Bertz CT molecular complexity index is 676. The molecular formula is C19H23N3O2.